The van der Waals surface area contributed by atoms with Gasteiger partial charge in [-0.2, -0.15) is 0 Å². The van der Waals surface area contributed by atoms with Crippen molar-refractivity contribution >= 4 is 5.91 Å². The number of hydrogen-bond acceptors (Lipinski definition) is 4. The summed E-state index contributed by atoms with van der Waals surface area (Å²) in [7, 11) is 3.21. The third-order valence-electron chi connectivity index (χ3n) is 2.94. The zero-order chi connectivity index (χ0) is 14.3. The third kappa shape index (κ3) is 4.89. The number of ether oxygens (including phenoxy) is 2. The van der Waals surface area contributed by atoms with Gasteiger partial charge in [0.1, 0.15) is 5.75 Å². The number of nitrogens with two attached hydrogens (primary N) is 1. The molecular formula is C14H22N2O3. The molecule has 0 aliphatic heterocycles. The van der Waals surface area contributed by atoms with Crippen molar-refractivity contribution in [3.05, 3.63) is 29.8 Å². The quantitative estimate of drug-likeness (QED) is 0.778. The SMILES string of the molecule is COCCC(N)C(=O)NC(C)c1ccc(OC)cc1. The average Bonchev–Trinajstić information content (AvgIpc) is 2.44. The van der Waals surface area contributed by atoms with Crippen LogP contribution in [0.15, 0.2) is 24.3 Å². The first-order chi connectivity index (χ1) is 9.08. The molecule has 5 nitrogen and oxygen atoms in total. The molecule has 1 rings (SSSR count). The second-order valence-electron chi connectivity index (χ2n) is 4.39. The lowest BCUT2D eigenvalue weighted by atomic mass is 10.1. The van der Waals surface area contributed by atoms with Gasteiger partial charge >= 0.3 is 0 Å². The number of methoxy groups -OCH3 is 2. The Balaban J connectivity index is 2.53. The van der Waals surface area contributed by atoms with Gasteiger partial charge in [-0.15, -0.1) is 0 Å². The molecule has 3 N–H and O–H groups in total. The van der Waals surface area contributed by atoms with Crippen LogP contribution >= 0.6 is 0 Å². The van der Waals surface area contributed by atoms with Crippen LogP contribution in [0.4, 0.5) is 0 Å². The van der Waals surface area contributed by atoms with Crippen molar-refractivity contribution in [2.45, 2.75) is 25.4 Å². The lowest BCUT2D eigenvalue weighted by Gasteiger charge is -2.18. The Morgan fingerprint density at radius 2 is 1.95 bits per heavy atom. The van der Waals surface area contributed by atoms with E-state index in [0.29, 0.717) is 13.0 Å². The fraction of sp³-hybridized carbons (Fsp3) is 0.500. The van der Waals surface area contributed by atoms with Crippen LogP contribution in [0, 0.1) is 0 Å². The van der Waals surface area contributed by atoms with E-state index in [0.717, 1.165) is 11.3 Å². The van der Waals surface area contributed by atoms with Crippen LogP contribution in [0.5, 0.6) is 5.75 Å². The topological polar surface area (TPSA) is 73.6 Å². The van der Waals surface area contributed by atoms with E-state index in [9.17, 15) is 4.79 Å². The summed E-state index contributed by atoms with van der Waals surface area (Å²) in [6, 6.07) is 6.94. The molecule has 0 aromatic heterocycles. The number of rotatable bonds is 7. The molecule has 0 bridgehead atoms. The van der Waals surface area contributed by atoms with Crippen molar-refractivity contribution < 1.29 is 14.3 Å². The van der Waals surface area contributed by atoms with Crippen LogP contribution in [0.1, 0.15) is 24.9 Å². The highest BCUT2D eigenvalue weighted by Crippen LogP contribution is 2.17. The van der Waals surface area contributed by atoms with E-state index in [1.54, 1.807) is 14.2 Å². The van der Waals surface area contributed by atoms with Gasteiger partial charge in [0.25, 0.3) is 0 Å². The van der Waals surface area contributed by atoms with Gasteiger partial charge in [0.05, 0.1) is 19.2 Å². The highest BCUT2D eigenvalue weighted by atomic mass is 16.5. The lowest BCUT2D eigenvalue weighted by Crippen LogP contribution is -2.42. The maximum Gasteiger partial charge on any atom is 0.237 e. The predicted octanol–water partition coefficient (Wildman–Crippen LogP) is 1.24. The molecule has 1 amide bonds. The minimum Gasteiger partial charge on any atom is -0.497 e. The third-order valence-corrected chi connectivity index (χ3v) is 2.94. The first-order valence-electron chi connectivity index (χ1n) is 6.27. The number of carbonyl (C=O) groups excluding carboxylic acids is 1. The summed E-state index contributed by atoms with van der Waals surface area (Å²) in [5.41, 5.74) is 6.77. The fourth-order valence-electron chi connectivity index (χ4n) is 1.67. The molecule has 0 aliphatic carbocycles. The molecule has 106 valence electrons. The minimum absolute atomic E-state index is 0.0907. The van der Waals surface area contributed by atoms with Gasteiger partial charge in [-0.05, 0) is 31.0 Å². The highest BCUT2D eigenvalue weighted by molar-refractivity contribution is 5.81. The summed E-state index contributed by atoms with van der Waals surface area (Å²) in [5, 5.41) is 2.88. The Hall–Kier alpha value is -1.59. The van der Waals surface area contributed by atoms with Gasteiger partial charge in [0, 0.05) is 13.7 Å². The normalized spacial score (nSPS) is 13.7. The number of nitrogens with one attached hydrogen (secondary N) is 1. The Bertz CT molecular complexity index is 392. The van der Waals surface area contributed by atoms with E-state index < -0.39 is 6.04 Å². The molecule has 0 radical (unpaired) electrons. The molecule has 1 aromatic rings. The molecule has 0 heterocycles. The first-order valence-corrected chi connectivity index (χ1v) is 6.27. The van der Waals surface area contributed by atoms with Gasteiger partial charge in [0.15, 0.2) is 0 Å². The Kier molecular flexibility index (Phi) is 6.32. The molecule has 0 fully saturated rings. The van der Waals surface area contributed by atoms with Crippen molar-refractivity contribution in [1.82, 2.24) is 5.32 Å². The van der Waals surface area contributed by atoms with E-state index in [1.807, 2.05) is 31.2 Å². The molecule has 1 aromatic carbocycles. The molecule has 0 spiro atoms. The van der Waals surface area contributed by atoms with Gasteiger partial charge in [-0.25, -0.2) is 0 Å². The van der Waals surface area contributed by atoms with Crippen molar-refractivity contribution in [1.29, 1.82) is 0 Å². The maximum absolute atomic E-state index is 11.8. The van der Waals surface area contributed by atoms with Crippen LogP contribution in [0.2, 0.25) is 0 Å². The zero-order valence-corrected chi connectivity index (χ0v) is 11.7. The number of hydrogen-bond donors (Lipinski definition) is 2. The van der Waals surface area contributed by atoms with Crippen molar-refractivity contribution in [3.8, 4) is 5.75 Å². The second-order valence-corrected chi connectivity index (χ2v) is 4.39. The van der Waals surface area contributed by atoms with E-state index in [1.165, 1.54) is 0 Å². The van der Waals surface area contributed by atoms with E-state index in [-0.39, 0.29) is 11.9 Å². The summed E-state index contributed by atoms with van der Waals surface area (Å²) in [5.74, 6) is 0.624. The van der Waals surface area contributed by atoms with Crippen LogP contribution in [0.3, 0.4) is 0 Å². The highest BCUT2D eigenvalue weighted by Gasteiger charge is 2.16. The molecule has 0 aliphatic rings. The standard InChI is InChI=1S/C14H22N2O3/c1-10(11-4-6-12(19-3)7-5-11)16-14(17)13(15)8-9-18-2/h4-7,10,13H,8-9,15H2,1-3H3,(H,16,17). The smallest absolute Gasteiger partial charge is 0.237 e. The average molecular weight is 266 g/mol. The Morgan fingerprint density at radius 1 is 1.32 bits per heavy atom. The van der Waals surface area contributed by atoms with E-state index in [2.05, 4.69) is 5.32 Å². The molecule has 19 heavy (non-hydrogen) atoms. The van der Waals surface area contributed by atoms with Crippen molar-refractivity contribution in [2.75, 3.05) is 20.8 Å². The molecule has 2 atom stereocenters. The van der Waals surface area contributed by atoms with Crippen molar-refractivity contribution in [2.24, 2.45) is 5.73 Å². The van der Waals surface area contributed by atoms with Crippen LogP contribution in [-0.4, -0.2) is 32.8 Å². The van der Waals surface area contributed by atoms with E-state index >= 15 is 0 Å². The van der Waals surface area contributed by atoms with Gasteiger partial charge < -0.3 is 20.5 Å². The predicted molar refractivity (Wildman–Crippen MR) is 74.0 cm³/mol. The summed E-state index contributed by atoms with van der Waals surface area (Å²) < 4.78 is 10.00. The Labute approximate surface area is 114 Å². The van der Waals surface area contributed by atoms with Gasteiger partial charge in [0.2, 0.25) is 5.91 Å². The van der Waals surface area contributed by atoms with Crippen LogP contribution in [0.25, 0.3) is 0 Å². The summed E-state index contributed by atoms with van der Waals surface area (Å²) >= 11 is 0. The maximum atomic E-state index is 11.8. The molecule has 5 heteroatoms. The minimum atomic E-state index is -0.541. The fourth-order valence-corrected chi connectivity index (χ4v) is 1.67. The number of benzene rings is 1. The molecule has 0 saturated carbocycles. The zero-order valence-electron chi connectivity index (χ0n) is 11.7. The van der Waals surface area contributed by atoms with Gasteiger partial charge in [-0.3, -0.25) is 4.79 Å². The number of amides is 1. The lowest BCUT2D eigenvalue weighted by molar-refractivity contribution is -0.123. The van der Waals surface area contributed by atoms with Crippen LogP contribution in [-0.2, 0) is 9.53 Å². The van der Waals surface area contributed by atoms with E-state index in [4.69, 9.17) is 15.2 Å². The van der Waals surface area contributed by atoms with Crippen LogP contribution < -0.4 is 15.8 Å². The molecular weight excluding hydrogens is 244 g/mol. The summed E-state index contributed by atoms with van der Waals surface area (Å²) in [6.45, 7) is 2.40. The summed E-state index contributed by atoms with van der Waals surface area (Å²) in [4.78, 5) is 11.8. The number of carbonyl (C=O) groups is 1. The Morgan fingerprint density at radius 3 is 2.47 bits per heavy atom. The van der Waals surface area contributed by atoms with Crippen molar-refractivity contribution in [3.63, 3.8) is 0 Å². The second kappa shape index (κ2) is 7.76. The first kappa shape index (κ1) is 15.5. The molecule has 0 saturated heterocycles. The summed E-state index contributed by atoms with van der Waals surface area (Å²) in [6.07, 6.45) is 0.512. The molecule has 2 unspecified atom stereocenters. The van der Waals surface area contributed by atoms with Gasteiger partial charge in [-0.1, -0.05) is 12.1 Å². The largest absolute Gasteiger partial charge is 0.497 e. The monoisotopic (exact) mass is 266 g/mol.